The van der Waals surface area contributed by atoms with Crippen LogP contribution in [0.4, 0.5) is 5.82 Å². The van der Waals surface area contributed by atoms with Crippen LogP contribution in [0.25, 0.3) is 11.2 Å². The van der Waals surface area contributed by atoms with Crippen molar-refractivity contribution in [1.82, 2.24) is 19.5 Å². The smallest absolute Gasteiger partial charge is 0.387 e. The second-order valence-corrected chi connectivity index (χ2v) is 8.72. The molecule has 0 spiro atoms. The summed E-state index contributed by atoms with van der Waals surface area (Å²) in [4.78, 5) is 31.2. The molecule has 160 valence electrons. The normalized spacial score (nSPS) is 24.5. The summed E-state index contributed by atoms with van der Waals surface area (Å²) >= 11 is 1.26. The summed E-state index contributed by atoms with van der Waals surface area (Å²) in [5.74, 6) is 0.128. The third-order valence-corrected chi connectivity index (χ3v) is 5.89. The first-order valence-corrected chi connectivity index (χ1v) is 11.0. The summed E-state index contributed by atoms with van der Waals surface area (Å²) in [6.45, 7) is -0.621. The van der Waals surface area contributed by atoms with E-state index in [-0.39, 0.29) is 17.0 Å². The van der Waals surface area contributed by atoms with E-state index in [0.29, 0.717) is 5.16 Å². The molecule has 6 N–H and O–H groups in total. The zero-order valence-corrected chi connectivity index (χ0v) is 16.9. The maximum Gasteiger partial charge on any atom is 0.469 e. The first-order chi connectivity index (χ1) is 14.2. The predicted octanol–water partition coefficient (Wildman–Crippen LogP) is 0.288. The number of ether oxygens (including phenoxy) is 1. The Morgan fingerprint density at radius 3 is 2.63 bits per heavy atom. The minimum absolute atomic E-state index is 0.128. The van der Waals surface area contributed by atoms with Gasteiger partial charge >= 0.3 is 7.82 Å². The first kappa shape index (κ1) is 21.2. The minimum atomic E-state index is -4.78. The Kier molecular flexibility index (Phi) is 5.79. The Labute approximate surface area is 173 Å². The van der Waals surface area contributed by atoms with Gasteiger partial charge in [-0.15, -0.1) is 0 Å². The van der Waals surface area contributed by atoms with Crippen LogP contribution in [0.5, 0.6) is 0 Å². The third-order valence-electron chi connectivity index (χ3n) is 4.42. The molecule has 1 aliphatic heterocycles. The van der Waals surface area contributed by atoms with E-state index >= 15 is 0 Å². The summed E-state index contributed by atoms with van der Waals surface area (Å²) in [7, 11) is -4.78. The van der Waals surface area contributed by atoms with Crippen molar-refractivity contribution in [2.24, 2.45) is 0 Å². The van der Waals surface area contributed by atoms with E-state index in [9.17, 15) is 14.8 Å². The predicted molar refractivity (Wildman–Crippen MR) is 104 cm³/mol. The number of imidazole rings is 1. The number of anilines is 1. The Balaban J connectivity index is 1.72. The Morgan fingerprint density at radius 1 is 1.20 bits per heavy atom. The van der Waals surface area contributed by atoms with Crippen molar-refractivity contribution < 1.29 is 33.8 Å². The number of hydrogen-bond donors (Lipinski definition) is 5. The van der Waals surface area contributed by atoms with Gasteiger partial charge in [0.25, 0.3) is 0 Å². The molecule has 3 aromatic rings. The fourth-order valence-electron chi connectivity index (χ4n) is 3.05. The Hall–Kier alpha value is -2.09. The van der Waals surface area contributed by atoms with Crippen molar-refractivity contribution >= 4 is 36.6 Å². The van der Waals surface area contributed by atoms with E-state index in [0.717, 1.165) is 4.90 Å². The molecule has 0 radical (unpaired) electrons. The van der Waals surface area contributed by atoms with Gasteiger partial charge in [0, 0.05) is 4.90 Å². The van der Waals surface area contributed by atoms with Gasteiger partial charge in [-0.25, -0.2) is 19.5 Å². The lowest BCUT2D eigenvalue weighted by Crippen LogP contribution is -2.33. The van der Waals surface area contributed by atoms with Crippen molar-refractivity contribution in [3.63, 3.8) is 0 Å². The fraction of sp³-hybridized carbons (Fsp3) is 0.312. The van der Waals surface area contributed by atoms with Gasteiger partial charge in [-0.2, -0.15) is 0 Å². The average Bonchev–Trinajstić information content (AvgIpc) is 3.19. The van der Waals surface area contributed by atoms with Gasteiger partial charge in [0.05, 0.1) is 6.61 Å². The van der Waals surface area contributed by atoms with Crippen LogP contribution in [-0.4, -0.2) is 64.4 Å². The van der Waals surface area contributed by atoms with Gasteiger partial charge in [0.15, 0.2) is 28.4 Å². The van der Waals surface area contributed by atoms with Crippen LogP contribution < -0.4 is 5.73 Å². The van der Waals surface area contributed by atoms with Gasteiger partial charge in [0.2, 0.25) is 0 Å². The lowest BCUT2D eigenvalue weighted by atomic mass is 10.1. The number of fused-ring (bicyclic) bond motifs is 1. The molecule has 1 aliphatic rings. The van der Waals surface area contributed by atoms with Crippen LogP contribution >= 0.6 is 19.6 Å². The molecular formula is C16H18N5O7PS. The number of phosphoric ester groups is 1. The third kappa shape index (κ3) is 4.19. The molecule has 2 aromatic heterocycles. The maximum atomic E-state index is 11.0. The summed E-state index contributed by atoms with van der Waals surface area (Å²) in [6.07, 6.45) is -4.02. The molecule has 12 nitrogen and oxygen atoms in total. The Morgan fingerprint density at radius 2 is 1.93 bits per heavy atom. The zero-order valence-electron chi connectivity index (χ0n) is 15.2. The summed E-state index contributed by atoms with van der Waals surface area (Å²) in [5.41, 5.74) is 6.48. The average molecular weight is 455 g/mol. The van der Waals surface area contributed by atoms with E-state index in [1.807, 2.05) is 30.3 Å². The number of aliphatic hydroxyl groups excluding tert-OH is 2. The van der Waals surface area contributed by atoms with Crippen LogP contribution in [0.2, 0.25) is 0 Å². The molecule has 4 atom stereocenters. The highest BCUT2D eigenvalue weighted by Crippen LogP contribution is 2.41. The number of rotatable bonds is 6. The highest BCUT2D eigenvalue weighted by molar-refractivity contribution is 7.99. The van der Waals surface area contributed by atoms with E-state index in [1.54, 1.807) is 0 Å². The Bertz CT molecular complexity index is 1090. The molecule has 0 aliphatic carbocycles. The zero-order chi connectivity index (χ0) is 21.5. The standard InChI is InChI=1S/C16H18N5O7PS/c17-13-10-14(19-7-18-13)21(16(20-10)30-8-4-2-1-3-5-8)15-12(23)11(22)9(28-15)6-27-29(24,25)26/h1-5,7,9,11-12,15,22-23H,6H2,(H2,17,18,19)(H2,24,25,26). The van der Waals surface area contributed by atoms with E-state index < -0.39 is 39.0 Å². The highest BCUT2D eigenvalue weighted by atomic mass is 32.2. The number of nitrogen functional groups attached to an aromatic ring is 1. The van der Waals surface area contributed by atoms with Crippen LogP contribution in [-0.2, 0) is 13.8 Å². The summed E-state index contributed by atoms with van der Waals surface area (Å²) in [5, 5.41) is 21.3. The van der Waals surface area contributed by atoms with Crippen LogP contribution in [0, 0.1) is 0 Å². The molecule has 1 aromatic carbocycles. The van der Waals surface area contributed by atoms with Crippen LogP contribution in [0.15, 0.2) is 46.7 Å². The van der Waals surface area contributed by atoms with E-state index in [2.05, 4.69) is 19.5 Å². The fourth-order valence-corrected chi connectivity index (χ4v) is 4.32. The molecule has 0 amide bonds. The van der Waals surface area contributed by atoms with Crippen molar-refractivity contribution in [3.05, 3.63) is 36.7 Å². The molecule has 4 unspecified atom stereocenters. The number of aromatic nitrogens is 4. The van der Waals surface area contributed by atoms with Crippen molar-refractivity contribution in [2.45, 2.75) is 34.6 Å². The lowest BCUT2D eigenvalue weighted by molar-refractivity contribution is -0.0541. The highest BCUT2D eigenvalue weighted by Gasteiger charge is 2.46. The number of benzene rings is 1. The molecule has 0 saturated carbocycles. The largest absolute Gasteiger partial charge is 0.469 e. The summed E-state index contributed by atoms with van der Waals surface area (Å²) in [6, 6.07) is 9.29. The number of nitrogens with two attached hydrogens (primary N) is 1. The molecule has 30 heavy (non-hydrogen) atoms. The number of aliphatic hydroxyl groups is 2. The number of nitrogens with zero attached hydrogens (tertiary/aromatic N) is 4. The SMILES string of the molecule is Nc1ncnc2c1nc(Sc1ccccc1)n2C1OC(COP(=O)(O)O)C(O)C1O. The number of hydrogen-bond acceptors (Lipinski definition) is 10. The lowest BCUT2D eigenvalue weighted by Gasteiger charge is -2.19. The van der Waals surface area contributed by atoms with E-state index in [1.165, 1.54) is 22.7 Å². The molecular weight excluding hydrogens is 437 g/mol. The monoisotopic (exact) mass is 455 g/mol. The second kappa shape index (κ2) is 8.21. The van der Waals surface area contributed by atoms with Gasteiger partial charge in [-0.05, 0) is 12.1 Å². The topological polar surface area (TPSA) is 186 Å². The van der Waals surface area contributed by atoms with Gasteiger partial charge in [0.1, 0.15) is 24.6 Å². The van der Waals surface area contributed by atoms with Crippen molar-refractivity contribution in [2.75, 3.05) is 12.3 Å². The molecule has 3 heterocycles. The molecule has 4 rings (SSSR count). The number of phosphoric acid groups is 1. The molecule has 0 bridgehead atoms. The second-order valence-electron chi connectivity index (χ2n) is 6.44. The van der Waals surface area contributed by atoms with Crippen LogP contribution in [0.1, 0.15) is 6.23 Å². The van der Waals surface area contributed by atoms with Gasteiger partial charge in [-0.3, -0.25) is 9.09 Å². The van der Waals surface area contributed by atoms with Crippen LogP contribution in [0.3, 0.4) is 0 Å². The quantitative estimate of drug-likeness (QED) is 0.320. The molecule has 14 heteroatoms. The minimum Gasteiger partial charge on any atom is -0.387 e. The van der Waals surface area contributed by atoms with Gasteiger partial charge in [-0.1, -0.05) is 30.0 Å². The maximum absolute atomic E-state index is 11.0. The van der Waals surface area contributed by atoms with E-state index in [4.69, 9.17) is 20.3 Å². The van der Waals surface area contributed by atoms with Crippen molar-refractivity contribution in [1.29, 1.82) is 0 Å². The first-order valence-electron chi connectivity index (χ1n) is 8.67. The molecule has 1 fully saturated rings. The summed E-state index contributed by atoms with van der Waals surface area (Å²) < 4.78 is 22.6. The molecule has 1 saturated heterocycles. The van der Waals surface area contributed by atoms with Crippen molar-refractivity contribution in [3.8, 4) is 0 Å². The van der Waals surface area contributed by atoms with Gasteiger partial charge < -0.3 is 30.5 Å².